The van der Waals surface area contributed by atoms with Crippen molar-refractivity contribution in [2.75, 3.05) is 13.7 Å². The minimum absolute atomic E-state index is 0.0757. The number of rotatable bonds is 4. The van der Waals surface area contributed by atoms with Crippen molar-refractivity contribution in [3.8, 4) is 23.3 Å². The summed E-state index contributed by atoms with van der Waals surface area (Å²) >= 11 is 0. The lowest BCUT2D eigenvalue weighted by atomic mass is 9.87. The van der Waals surface area contributed by atoms with Gasteiger partial charge in [0.25, 0.3) is 15.9 Å². The second-order valence-electron chi connectivity index (χ2n) is 17.7. The molecular weight excluding hydrogens is 808 g/mol. The highest BCUT2D eigenvalue weighted by atomic mass is 32.2. The van der Waals surface area contributed by atoms with Crippen molar-refractivity contribution in [2.24, 2.45) is 17.8 Å². The molecule has 1 aromatic carbocycles. The molecule has 5 heterocycles. The Morgan fingerprint density at radius 2 is 1.83 bits per heavy atom. The summed E-state index contributed by atoms with van der Waals surface area (Å²) in [5.41, 5.74) is -4.00. The zero-order chi connectivity index (χ0) is 42.0. The molecule has 2 aromatic rings. The molecule has 10 rings (SSSR count). The van der Waals surface area contributed by atoms with E-state index < -0.39 is 91.6 Å². The molecule has 5 fully saturated rings. The van der Waals surface area contributed by atoms with Crippen molar-refractivity contribution in [1.82, 2.24) is 24.8 Å². The third-order valence-electron chi connectivity index (χ3n) is 13.9. The van der Waals surface area contributed by atoms with E-state index in [1.165, 1.54) is 24.1 Å². The van der Waals surface area contributed by atoms with E-state index in [1.807, 2.05) is 12.2 Å². The predicted molar refractivity (Wildman–Crippen MR) is 205 cm³/mol. The number of alkyl carbamates (subject to hydrolysis) is 1. The number of allylic oxidation sites excluding steroid dienone is 1. The molecule has 4 amide bonds. The van der Waals surface area contributed by atoms with Crippen LogP contribution in [0.15, 0.2) is 30.4 Å². The average molecular weight is 852 g/mol. The number of methoxy groups -OCH3 is 1. The van der Waals surface area contributed by atoms with E-state index in [0.717, 1.165) is 10.7 Å². The third kappa shape index (κ3) is 6.19. The number of nitrogens with one attached hydrogen (secondary N) is 2. The first-order valence-electron chi connectivity index (χ1n) is 20.7. The molecule has 4 aliphatic carbocycles. The Bertz CT molecular complexity index is 2430. The predicted octanol–water partition coefficient (Wildman–Crippen LogP) is 4.49. The van der Waals surface area contributed by atoms with Gasteiger partial charge in [0, 0.05) is 35.1 Å². The van der Waals surface area contributed by atoms with Gasteiger partial charge in [-0.15, -0.1) is 0 Å². The van der Waals surface area contributed by atoms with Gasteiger partial charge in [0.2, 0.25) is 11.8 Å². The highest BCUT2D eigenvalue weighted by Gasteiger charge is 2.83. The second-order valence-corrected chi connectivity index (χ2v) is 19.8. The first-order chi connectivity index (χ1) is 28.6. The van der Waals surface area contributed by atoms with Gasteiger partial charge in [0.1, 0.15) is 35.1 Å². The van der Waals surface area contributed by atoms with Crippen LogP contribution in [0.4, 0.5) is 18.0 Å². The molecule has 8 atom stereocenters. The molecule has 8 aliphatic rings. The minimum Gasteiger partial charge on any atom is -0.497 e. The number of carbonyl (C=O) groups is 4. The number of carbonyl (C=O) groups excluding carboxylic acids is 4. The number of aromatic nitrogens is 1. The lowest BCUT2D eigenvalue weighted by Gasteiger charge is -2.37. The molecule has 18 heteroatoms. The smallest absolute Gasteiger partial charge is 0.437 e. The number of amides is 4. The number of fused-ring (bicyclic) bond motifs is 6. The number of alkyl halides is 3. The first-order valence-corrected chi connectivity index (χ1v) is 22.2. The van der Waals surface area contributed by atoms with E-state index >= 15 is 0 Å². The number of hydrogen-bond acceptors (Lipinski definition) is 10. The highest BCUT2D eigenvalue weighted by Crippen LogP contribution is 2.64. The summed E-state index contributed by atoms with van der Waals surface area (Å²) in [6.07, 6.45) is 2.18. The van der Waals surface area contributed by atoms with Gasteiger partial charge in [-0.05, 0) is 82.4 Å². The number of nitrogens with zero attached hydrogens (tertiary/aromatic N) is 3. The van der Waals surface area contributed by atoms with Crippen LogP contribution in [-0.4, -0.2) is 94.3 Å². The Morgan fingerprint density at radius 3 is 2.52 bits per heavy atom. The zero-order valence-electron chi connectivity index (χ0n) is 32.8. The molecule has 60 heavy (non-hydrogen) atoms. The summed E-state index contributed by atoms with van der Waals surface area (Å²) in [6.45, 7) is -0.318. The van der Waals surface area contributed by atoms with E-state index in [4.69, 9.17) is 14.2 Å². The largest absolute Gasteiger partial charge is 0.497 e. The Morgan fingerprint density at radius 1 is 1.07 bits per heavy atom. The maximum Gasteiger partial charge on any atom is 0.437 e. The maximum absolute atomic E-state index is 14.9. The van der Waals surface area contributed by atoms with Crippen LogP contribution < -0.4 is 20.1 Å². The fourth-order valence-electron chi connectivity index (χ4n) is 10.2. The Labute approximate surface area is 344 Å². The van der Waals surface area contributed by atoms with Gasteiger partial charge in [-0.3, -0.25) is 14.4 Å². The molecule has 4 aliphatic heterocycles. The summed E-state index contributed by atoms with van der Waals surface area (Å²) in [5.74, 6) is 3.69. The lowest BCUT2D eigenvalue weighted by Crippen LogP contribution is -2.57. The highest BCUT2D eigenvalue weighted by molar-refractivity contribution is 7.98. The van der Waals surface area contributed by atoms with Gasteiger partial charge in [0.05, 0.1) is 19.2 Å². The summed E-state index contributed by atoms with van der Waals surface area (Å²) in [7, 11) is -2.41. The van der Waals surface area contributed by atoms with E-state index in [0.29, 0.717) is 56.1 Å². The van der Waals surface area contributed by atoms with Gasteiger partial charge in [-0.25, -0.2) is 22.5 Å². The monoisotopic (exact) mass is 851 g/mol. The molecule has 3 saturated carbocycles. The van der Waals surface area contributed by atoms with Crippen LogP contribution in [0.2, 0.25) is 0 Å². The molecule has 1 aromatic heterocycles. The Hall–Kier alpha value is -5.05. The number of hydrogen-bond donors (Lipinski definition) is 2. The fraction of sp³-hybridized carbons (Fsp3) is 0.595. The van der Waals surface area contributed by atoms with Crippen LogP contribution >= 0.6 is 0 Å². The summed E-state index contributed by atoms with van der Waals surface area (Å²) in [4.78, 5) is 61.2. The molecule has 0 bridgehead atoms. The normalized spacial score (nSPS) is 34.8. The zero-order valence-corrected chi connectivity index (χ0v) is 33.6. The third-order valence-corrected chi connectivity index (χ3v) is 16.3. The van der Waals surface area contributed by atoms with Crippen LogP contribution in [0.5, 0.6) is 11.5 Å². The SMILES string of the molecule is COc1ccc2nc(C(F)(F)F)c3c(c2c1)CC[C@]1(C[C@H]2C(=O)N[C@]4(C(=O)N5C6(CC6)S5(=O)=O)C[C@H]4/C=C\CCCCC[C@H](NC(=O)OC4C[C@H]5C#C[C@H]5C4)C(=O)N2C1)O3. The van der Waals surface area contributed by atoms with Crippen molar-refractivity contribution in [3.05, 3.63) is 41.6 Å². The molecule has 2 saturated heterocycles. The maximum atomic E-state index is 14.9. The van der Waals surface area contributed by atoms with Crippen LogP contribution in [0.25, 0.3) is 10.9 Å². The number of aryl methyl sites for hydroxylation is 1. The number of benzene rings is 1. The van der Waals surface area contributed by atoms with E-state index in [9.17, 15) is 40.8 Å². The summed E-state index contributed by atoms with van der Waals surface area (Å²) < 4.78 is 88.7. The number of pyridine rings is 1. The topological polar surface area (TPSA) is 173 Å². The van der Waals surface area contributed by atoms with Gasteiger partial charge in [-0.1, -0.05) is 36.8 Å². The van der Waals surface area contributed by atoms with Crippen molar-refractivity contribution in [2.45, 2.75) is 124 Å². The van der Waals surface area contributed by atoms with E-state index in [-0.39, 0.29) is 61.6 Å². The van der Waals surface area contributed by atoms with Crippen LogP contribution in [0.3, 0.4) is 0 Å². The lowest BCUT2D eigenvalue weighted by molar-refractivity contribution is -0.144. The summed E-state index contributed by atoms with van der Waals surface area (Å²) in [5, 5.41) is 6.01. The molecule has 2 N–H and O–H groups in total. The van der Waals surface area contributed by atoms with Crippen molar-refractivity contribution in [3.63, 3.8) is 0 Å². The van der Waals surface area contributed by atoms with Crippen molar-refractivity contribution < 1.29 is 55.0 Å². The number of ether oxygens (including phenoxy) is 3. The van der Waals surface area contributed by atoms with Gasteiger partial charge < -0.3 is 29.7 Å². The number of sulfonamides is 1. The Kier molecular flexibility index (Phi) is 8.78. The molecule has 318 valence electrons. The summed E-state index contributed by atoms with van der Waals surface area (Å²) in [6, 6.07) is 2.02. The van der Waals surface area contributed by atoms with E-state index in [2.05, 4.69) is 27.5 Å². The molecule has 14 nitrogen and oxygen atoms in total. The molecule has 0 radical (unpaired) electrons. The van der Waals surface area contributed by atoms with Crippen molar-refractivity contribution >= 4 is 44.7 Å². The first kappa shape index (κ1) is 39.1. The molecule has 2 spiro atoms. The van der Waals surface area contributed by atoms with Crippen LogP contribution in [0.1, 0.15) is 88.3 Å². The minimum atomic E-state index is -4.93. The standard InChI is InChI=1S/C42H44F3N5O9S/c1-57-26-11-12-30-29(19-26)28-13-14-39(59-33(28)34(46-30)42(43,44)45)21-32-35(51)48-41(37(53)50-40(15-16-40)60(50,55)56)20-25(41)7-5-3-2-4-6-8-31(36(52)49(32)22-39)47-38(54)58-27-17-23-9-10-24(23)18-27/h5,7,11-12,19,23-25,27,31-32H,2-4,6,8,13-18,20-22H2,1H3,(H,47,54)(H,48,51)/b7-5-/t23-,24+,25-,27?,31+,32+,39-,41-,50?/m1/s1. The fourth-order valence-corrected chi connectivity index (χ4v) is 12.3. The van der Waals surface area contributed by atoms with Gasteiger partial charge in [0.15, 0.2) is 16.3 Å². The average Bonchev–Trinajstić information content (AvgIpc) is 4.14. The van der Waals surface area contributed by atoms with Crippen LogP contribution in [0, 0.1) is 29.6 Å². The van der Waals surface area contributed by atoms with Gasteiger partial charge in [-0.2, -0.15) is 13.2 Å². The molecular formula is C42H44F3N5O9S. The molecule has 1 unspecified atom stereocenters. The van der Waals surface area contributed by atoms with Crippen LogP contribution in [-0.2, 0) is 41.7 Å². The van der Waals surface area contributed by atoms with E-state index in [1.54, 1.807) is 6.07 Å². The quantitative estimate of drug-likeness (QED) is 0.254. The number of halogens is 3. The van der Waals surface area contributed by atoms with Crippen molar-refractivity contribution in [1.29, 1.82) is 0 Å². The Balaban J connectivity index is 0.997. The second kappa shape index (κ2) is 13.5. The van der Waals surface area contributed by atoms with Gasteiger partial charge >= 0.3 is 12.3 Å².